The van der Waals surface area contributed by atoms with Gasteiger partial charge in [0.1, 0.15) is 5.92 Å². The third-order valence-electron chi connectivity index (χ3n) is 4.71. The Morgan fingerprint density at radius 2 is 1.77 bits per heavy atom. The molecule has 0 fully saturated rings. The summed E-state index contributed by atoms with van der Waals surface area (Å²) in [6.45, 7) is 1.84. The second-order valence-electron chi connectivity index (χ2n) is 6.99. The Labute approximate surface area is 176 Å². The van der Waals surface area contributed by atoms with Gasteiger partial charge in [0.2, 0.25) is 15.9 Å². The molecule has 0 saturated heterocycles. The lowest BCUT2D eigenvalue weighted by Crippen LogP contribution is -2.32. The molecule has 0 spiro atoms. The molecule has 0 radical (unpaired) electrons. The van der Waals surface area contributed by atoms with Gasteiger partial charge in [-0.05, 0) is 48.4 Å². The molecule has 0 bridgehead atoms. The van der Waals surface area contributed by atoms with Crippen LogP contribution in [0.3, 0.4) is 0 Å². The molecule has 1 heterocycles. The van der Waals surface area contributed by atoms with E-state index in [9.17, 15) is 26.4 Å². The predicted octanol–water partition coefficient (Wildman–Crippen LogP) is 3.18. The summed E-state index contributed by atoms with van der Waals surface area (Å²) in [7, 11) is -2.47. The summed E-state index contributed by atoms with van der Waals surface area (Å²) in [6.07, 6.45) is -4.69. The lowest BCUT2D eigenvalue weighted by Gasteiger charge is -2.24. The molecule has 3 rings (SSSR count). The molecule has 31 heavy (non-hydrogen) atoms. The van der Waals surface area contributed by atoms with Crippen molar-refractivity contribution < 1.29 is 26.4 Å². The maximum Gasteiger partial charge on any atom is 0.435 e. The molecule has 3 N–H and O–H groups in total. The Kier molecular flexibility index (Phi) is 5.92. The van der Waals surface area contributed by atoms with E-state index in [2.05, 4.69) is 10.2 Å². The SMILES string of the molecule is Cc1cccc(N(C)C(=O)C(c2ccc(S(N)(=O)=O)cc2)c2cc(C(F)(F)F)n[nH]2)c1. The van der Waals surface area contributed by atoms with Gasteiger partial charge in [-0.1, -0.05) is 24.3 Å². The Bertz CT molecular complexity index is 1200. The Morgan fingerprint density at radius 3 is 2.29 bits per heavy atom. The molecule has 1 aromatic heterocycles. The normalized spacial score (nSPS) is 13.1. The number of sulfonamides is 1. The number of benzene rings is 2. The number of aromatic amines is 1. The highest BCUT2D eigenvalue weighted by molar-refractivity contribution is 7.89. The first kappa shape index (κ1) is 22.5. The quantitative estimate of drug-likeness (QED) is 0.620. The van der Waals surface area contributed by atoms with Crippen LogP contribution in [-0.4, -0.2) is 31.6 Å². The van der Waals surface area contributed by atoms with Crippen LogP contribution in [0.1, 0.15) is 28.4 Å². The minimum atomic E-state index is -4.69. The third kappa shape index (κ3) is 4.94. The number of halogens is 3. The fourth-order valence-corrected chi connectivity index (χ4v) is 3.61. The van der Waals surface area contributed by atoms with Crippen molar-refractivity contribution in [1.29, 1.82) is 0 Å². The van der Waals surface area contributed by atoms with Gasteiger partial charge >= 0.3 is 6.18 Å². The fraction of sp³-hybridized carbons (Fsp3) is 0.200. The number of nitrogens with two attached hydrogens (primary N) is 1. The standard InChI is InChI=1S/C20H19F3N4O3S/c1-12-4-3-5-14(10-12)27(2)19(28)18(16-11-17(26-25-16)20(21,22)23)13-6-8-15(9-7-13)31(24,29)30/h3-11,18H,1-2H3,(H,25,26)(H2,24,29,30). The number of hydrogen-bond donors (Lipinski definition) is 2. The summed E-state index contributed by atoms with van der Waals surface area (Å²) < 4.78 is 62.2. The number of likely N-dealkylation sites (N-methyl/N-ethyl adjacent to an activating group) is 1. The second kappa shape index (κ2) is 8.16. The van der Waals surface area contributed by atoms with Crippen LogP contribution in [0.2, 0.25) is 0 Å². The molecule has 11 heteroatoms. The summed E-state index contributed by atoms with van der Waals surface area (Å²) in [6, 6.07) is 12.9. The van der Waals surface area contributed by atoms with Crippen molar-refractivity contribution >= 4 is 21.6 Å². The van der Waals surface area contributed by atoms with Crippen molar-refractivity contribution in [2.75, 3.05) is 11.9 Å². The number of H-pyrrole nitrogens is 1. The number of amides is 1. The van der Waals surface area contributed by atoms with Crippen molar-refractivity contribution in [3.63, 3.8) is 0 Å². The number of primary sulfonamides is 1. The van der Waals surface area contributed by atoms with E-state index in [1.165, 1.54) is 36.2 Å². The monoisotopic (exact) mass is 452 g/mol. The molecule has 0 aliphatic carbocycles. The van der Waals surface area contributed by atoms with Gasteiger partial charge in [0.15, 0.2) is 5.69 Å². The lowest BCUT2D eigenvalue weighted by atomic mass is 9.93. The van der Waals surface area contributed by atoms with Crippen LogP contribution in [-0.2, 0) is 21.0 Å². The van der Waals surface area contributed by atoms with E-state index in [1.807, 2.05) is 13.0 Å². The number of nitrogens with zero attached hydrogens (tertiary/aromatic N) is 2. The van der Waals surface area contributed by atoms with E-state index in [0.717, 1.165) is 11.6 Å². The zero-order chi connectivity index (χ0) is 23.0. The molecule has 1 amide bonds. The second-order valence-corrected chi connectivity index (χ2v) is 8.55. The van der Waals surface area contributed by atoms with Gasteiger partial charge in [-0.25, -0.2) is 13.6 Å². The van der Waals surface area contributed by atoms with Crippen molar-refractivity contribution in [1.82, 2.24) is 10.2 Å². The van der Waals surface area contributed by atoms with Gasteiger partial charge in [0.25, 0.3) is 0 Å². The Morgan fingerprint density at radius 1 is 1.13 bits per heavy atom. The number of aromatic nitrogens is 2. The van der Waals surface area contributed by atoms with Crippen molar-refractivity contribution in [3.05, 3.63) is 77.1 Å². The molecule has 0 aliphatic rings. The third-order valence-corrected chi connectivity index (χ3v) is 5.64. The van der Waals surface area contributed by atoms with Crippen molar-refractivity contribution in [2.45, 2.75) is 23.9 Å². The minimum Gasteiger partial charge on any atom is -0.315 e. The molecule has 7 nitrogen and oxygen atoms in total. The first-order valence-corrected chi connectivity index (χ1v) is 10.5. The summed E-state index contributed by atoms with van der Waals surface area (Å²) in [5.74, 6) is -1.73. The van der Waals surface area contributed by atoms with Gasteiger partial charge in [-0.3, -0.25) is 9.89 Å². The Hall–Kier alpha value is -3.18. The fourth-order valence-electron chi connectivity index (χ4n) is 3.09. The number of rotatable bonds is 5. The van der Waals surface area contributed by atoms with E-state index in [4.69, 9.17) is 5.14 Å². The van der Waals surface area contributed by atoms with Crippen molar-refractivity contribution in [3.8, 4) is 0 Å². The highest BCUT2D eigenvalue weighted by Gasteiger charge is 2.36. The molecular formula is C20H19F3N4O3S. The molecule has 1 unspecified atom stereocenters. The van der Waals surface area contributed by atoms with Crippen molar-refractivity contribution in [2.24, 2.45) is 5.14 Å². The average molecular weight is 452 g/mol. The van der Waals surface area contributed by atoms with Crippen LogP contribution >= 0.6 is 0 Å². The number of carbonyl (C=O) groups is 1. The number of alkyl halides is 3. The smallest absolute Gasteiger partial charge is 0.315 e. The molecule has 0 saturated carbocycles. The zero-order valence-electron chi connectivity index (χ0n) is 16.5. The summed E-state index contributed by atoms with van der Waals surface area (Å²) in [5, 5.41) is 10.7. The van der Waals surface area contributed by atoms with E-state index in [-0.39, 0.29) is 16.2 Å². The summed E-state index contributed by atoms with van der Waals surface area (Å²) in [5.41, 5.74) is 0.466. The molecule has 3 aromatic rings. The van der Waals surface area contributed by atoms with Crippen LogP contribution < -0.4 is 10.0 Å². The van der Waals surface area contributed by atoms with Gasteiger partial charge in [-0.15, -0.1) is 0 Å². The molecule has 0 aliphatic heterocycles. The van der Waals surface area contributed by atoms with E-state index < -0.39 is 33.7 Å². The number of hydrogen-bond acceptors (Lipinski definition) is 4. The molecule has 2 aromatic carbocycles. The summed E-state index contributed by atoms with van der Waals surface area (Å²) in [4.78, 5) is 14.5. The minimum absolute atomic E-state index is 0.0832. The highest BCUT2D eigenvalue weighted by Crippen LogP contribution is 2.33. The van der Waals surface area contributed by atoms with Crippen LogP contribution in [0.5, 0.6) is 0 Å². The van der Waals surface area contributed by atoms with Gasteiger partial charge in [0.05, 0.1) is 10.6 Å². The average Bonchev–Trinajstić information content (AvgIpc) is 3.17. The number of carbonyl (C=O) groups excluding carboxylic acids is 1. The first-order valence-electron chi connectivity index (χ1n) is 8.97. The highest BCUT2D eigenvalue weighted by atomic mass is 32.2. The number of nitrogens with one attached hydrogen (secondary N) is 1. The predicted molar refractivity (Wildman–Crippen MR) is 108 cm³/mol. The maximum absolute atomic E-state index is 13.4. The van der Waals surface area contributed by atoms with Crippen LogP contribution in [0.25, 0.3) is 0 Å². The van der Waals surface area contributed by atoms with E-state index in [0.29, 0.717) is 5.69 Å². The van der Waals surface area contributed by atoms with Gasteiger partial charge in [0, 0.05) is 12.7 Å². The van der Waals surface area contributed by atoms with Gasteiger partial charge < -0.3 is 4.90 Å². The lowest BCUT2D eigenvalue weighted by molar-refractivity contribution is -0.141. The van der Waals surface area contributed by atoms with Crippen LogP contribution in [0, 0.1) is 6.92 Å². The number of aryl methyl sites for hydroxylation is 1. The first-order chi connectivity index (χ1) is 14.4. The van der Waals surface area contributed by atoms with E-state index >= 15 is 0 Å². The van der Waals surface area contributed by atoms with Gasteiger partial charge in [-0.2, -0.15) is 18.3 Å². The zero-order valence-corrected chi connectivity index (χ0v) is 17.3. The van der Waals surface area contributed by atoms with Crippen LogP contribution in [0.4, 0.5) is 18.9 Å². The maximum atomic E-state index is 13.4. The largest absolute Gasteiger partial charge is 0.435 e. The van der Waals surface area contributed by atoms with E-state index in [1.54, 1.807) is 18.2 Å². The number of anilines is 1. The van der Waals surface area contributed by atoms with Crippen LogP contribution in [0.15, 0.2) is 59.5 Å². The molecular weight excluding hydrogens is 433 g/mol. The topological polar surface area (TPSA) is 109 Å². The summed E-state index contributed by atoms with van der Waals surface area (Å²) >= 11 is 0. The molecule has 1 atom stereocenters. The molecule has 164 valence electrons. The Balaban J connectivity index is 2.08.